The molecule has 0 aliphatic carbocycles. The topological polar surface area (TPSA) is 82.5 Å². The van der Waals surface area contributed by atoms with Crippen LogP contribution in [0.25, 0.3) is 0 Å². The van der Waals surface area contributed by atoms with Gasteiger partial charge in [0.15, 0.2) is 16.6 Å². The van der Waals surface area contributed by atoms with Gasteiger partial charge in [-0.1, -0.05) is 71.9 Å². The molecule has 1 saturated heterocycles. The molecule has 1 aliphatic heterocycles. The maximum Gasteiger partial charge on any atom is 0.330 e. The van der Waals surface area contributed by atoms with Gasteiger partial charge in [-0.15, -0.1) is 0 Å². The van der Waals surface area contributed by atoms with E-state index in [-0.39, 0.29) is 27.8 Å². The van der Waals surface area contributed by atoms with Crippen molar-refractivity contribution >= 4 is 16.6 Å². The highest BCUT2D eigenvalue weighted by Gasteiger charge is 2.46. The van der Waals surface area contributed by atoms with E-state index >= 15 is 0 Å². The highest BCUT2D eigenvalue weighted by molar-refractivity contribution is 6.74. The molecule has 0 radical (unpaired) electrons. The minimum absolute atomic E-state index is 0.0371. The van der Waals surface area contributed by atoms with E-state index in [1.54, 1.807) is 6.20 Å². The average Bonchev–Trinajstić information content (AvgIpc) is 3.18. The Kier molecular flexibility index (Phi) is 9.20. The number of hydrogen-bond acceptors (Lipinski definition) is 5. The summed E-state index contributed by atoms with van der Waals surface area (Å²) in [6, 6.07) is 10.0. The summed E-state index contributed by atoms with van der Waals surface area (Å²) in [7, 11) is -4.12. The maximum atomic E-state index is 12.9. The Hall–Kier alpha value is -1.79. The number of aryl methyl sites for hydroxylation is 2. The van der Waals surface area contributed by atoms with Gasteiger partial charge in [-0.3, -0.25) is 14.3 Å². The van der Waals surface area contributed by atoms with E-state index in [0.717, 1.165) is 5.56 Å². The molecule has 1 fully saturated rings. The third-order valence-corrected chi connectivity index (χ3v) is 17.7. The van der Waals surface area contributed by atoms with Crippen LogP contribution in [0.15, 0.2) is 46.1 Å². The monoisotopic (exact) mass is 560 g/mol. The molecule has 0 amide bonds. The summed E-state index contributed by atoms with van der Waals surface area (Å²) in [5, 5.41) is 0.111. The van der Waals surface area contributed by atoms with Crippen LogP contribution >= 0.6 is 0 Å². The van der Waals surface area contributed by atoms with Crippen molar-refractivity contribution in [2.45, 2.75) is 116 Å². The molecule has 212 valence electrons. The molecule has 0 saturated carbocycles. The van der Waals surface area contributed by atoms with Gasteiger partial charge >= 0.3 is 5.69 Å². The SMILES string of the molecule is CC(C)(C)[Si](C)(C)OC[C@H]1O[C@@H](n2cc(CCc3ccccc3)c(=O)[nH]c2=O)C[C@@H]1O[Si](C)(C)C(C)(C)C. The number of hydrogen-bond donors (Lipinski definition) is 1. The second kappa shape index (κ2) is 11.4. The number of benzene rings is 1. The molecule has 2 aromatic rings. The van der Waals surface area contributed by atoms with Crippen LogP contribution < -0.4 is 11.2 Å². The quantitative estimate of drug-likeness (QED) is 0.379. The molecular weight excluding hydrogens is 513 g/mol. The largest absolute Gasteiger partial charge is 0.414 e. The van der Waals surface area contributed by atoms with Crippen molar-refractivity contribution < 1.29 is 13.6 Å². The third kappa shape index (κ3) is 7.24. The zero-order chi connectivity index (χ0) is 28.5. The van der Waals surface area contributed by atoms with E-state index in [1.807, 2.05) is 30.3 Å². The standard InChI is InChI=1S/C29H48N2O5Si2/c1-28(2,3)37(7,8)34-20-24-23(36-38(9,10)29(4,5)6)18-25(35-24)31-19-22(26(32)30-27(31)33)17-16-21-14-12-11-13-15-21/h11-15,19,23-25H,16-18,20H2,1-10H3,(H,30,32,33)/t23-,24+,25+/m0/s1. The third-order valence-electron chi connectivity index (χ3n) is 8.72. The first-order valence-electron chi connectivity index (χ1n) is 13.8. The molecule has 3 rings (SSSR count). The van der Waals surface area contributed by atoms with Crippen LogP contribution in [-0.4, -0.2) is 45.0 Å². The lowest BCUT2D eigenvalue weighted by atomic mass is 10.1. The second-order valence-corrected chi connectivity index (χ2v) is 23.2. The molecule has 3 atom stereocenters. The maximum absolute atomic E-state index is 12.9. The van der Waals surface area contributed by atoms with Gasteiger partial charge < -0.3 is 13.6 Å². The smallest absolute Gasteiger partial charge is 0.330 e. The Morgan fingerprint density at radius 2 is 1.55 bits per heavy atom. The Balaban J connectivity index is 1.87. The number of nitrogens with one attached hydrogen (secondary N) is 1. The Bertz CT molecular complexity index is 1190. The first-order valence-corrected chi connectivity index (χ1v) is 19.6. The van der Waals surface area contributed by atoms with Gasteiger partial charge in [0.05, 0.1) is 12.7 Å². The molecule has 38 heavy (non-hydrogen) atoms. The number of ether oxygens (including phenoxy) is 1. The summed E-state index contributed by atoms with van der Waals surface area (Å²) in [6.07, 6.45) is 2.43. The fourth-order valence-electron chi connectivity index (χ4n) is 4.05. The summed E-state index contributed by atoms with van der Waals surface area (Å²) < 4.78 is 21.4. The van der Waals surface area contributed by atoms with E-state index in [9.17, 15) is 9.59 Å². The highest BCUT2D eigenvalue weighted by Crippen LogP contribution is 2.42. The van der Waals surface area contributed by atoms with E-state index in [2.05, 4.69) is 72.7 Å². The van der Waals surface area contributed by atoms with Crippen LogP contribution in [0.3, 0.4) is 0 Å². The molecule has 7 nitrogen and oxygen atoms in total. The van der Waals surface area contributed by atoms with Crippen LogP contribution in [0.1, 0.15) is 65.3 Å². The van der Waals surface area contributed by atoms with Crippen LogP contribution in [-0.2, 0) is 26.4 Å². The van der Waals surface area contributed by atoms with Crippen molar-refractivity contribution in [1.29, 1.82) is 0 Å². The van der Waals surface area contributed by atoms with Gasteiger partial charge in [0.25, 0.3) is 5.56 Å². The lowest BCUT2D eigenvalue weighted by molar-refractivity contribution is -0.0413. The number of nitrogens with zero attached hydrogens (tertiary/aromatic N) is 1. The first kappa shape index (κ1) is 30.8. The summed E-state index contributed by atoms with van der Waals surface area (Å²) in [5.41, 5.74) is 0.917. The molecule has 0 unspecified atom stereocenters. The molecule has 1 N–H and O–H groups in total. The summed E-state index contributed by atoms with van der Waals surface area (Å²) in [4.78, 5) is 28.1. The molecular formula is C29H48N2O5Si2. The van der Waals surface area contributed by atoms with Crippen molar-refractivity contribution in [1.82, 2.24) is 9.55 Å². The Morgan fingerprint density at radius 3 is 2.13 bits per heavy atom. The van der Waals surface area contributed by atoms with Crippen molar-refractivity contribution in [3.63, 3.8) is 0 Å². The van der Waals surface area contributed by atoms with Crippen LogP contribution in [0.5, 0.6) is 0 Å². The van der Waals surface area contributed by atoms with Crippen LogP contribution in [0.2, 0.25) is 36.3 Å². The molecule has 0 spiro atoms. The van der Waals surface area contributed by atoms with Gasteiger partial charge in [0, 0.05) is 18.2 Å². The molecule has 0 bridgehead atoms. The summed E-state index contributed by atoms with van der Waals surface area (Å²) in [5.74, 6) is 0. The van der Waals surface area contributed by atoms with Gasteiger partial charge in [0.1, 0.15) is 12.3 Å². The Labute approximate surface area is 230 Å². The van der Waals surface area contributed by atoms with Gasteiger partial charge in [-0.25, -0.2) is 4.79 Å². The number of H-pyrrole nitrogens is 1. The summed E-state index contributed by atoms with van der Waals surface area (Å²) >= 11 is 0. The second-order valence-electron chi connectivity index (χ2n) is 13.7. The zero-order valence-electron chi connectivity index (χ0n) is 25.0. The van der Waals surface area contributed by atoms with Crippen LogP contribution in [0, 0.1) is 0 Å². The highest BCUT2D eigenvalue weighted by atomic mass is 28.4. The number of aromatic nitrogens is 2. The van der Waals surface area contributed by atoms with Crippen molar-refractivity contribution in [3.8, 4) is 0 Å². The molecule has 9 heteroatoms. The molecule has 1 aliphatic rings. The van der Waals surface area contributed by atoms with E-state index in [1.165, 1.54) is 4.57 Å². The zero-order valence-corrected chi connectivity index (χ0v) is 27.0. The lowest BCUT2D eigenvalue weighted by Gasteiger charge is -2.40. The summed E-state index contributed by atoms with van der Waals surface area (Å²) in [6.45, 7) is 22.7. The molecule has 1 aromatic carbocycles. The van der Waals surface area contributed by atoms with E-state index in [4.69, 9.17) is 13.6 Å². The van der Waals surface area contributed by atoms with Gasteiger partial charge in [-0.05, 0) is 54.7 Å². The average molecular weight is 561 g/mol. The predicted octanol–water partition coefficient (Wildman–Crippen LogP) is 6.02. The van der Waals surface area contributed by atoms with Crippen molar-refractivity contribution in [2.24, 2.45) is 0 Å². The minimum Gasteiger partial charge on any atom is -0.414 e. The number of aromatic amines is 1. The predicted molar refractivity (Wildman–Crippen MR) is 159 cm³/mol. The van der Waals surface area contributed by atoms with E-state index in [0.29, 0.717) is 31.4 Å². The fourth-order valence-corrected chi connectivity index (χ4v) is 6.42. The fraction of sp³-hybridized carbons (Fsp3) is 0.655. The molecule has 1 aromatic heterocycles. The van der Waals surface area contributed by atoms with Gasteiger partial charge in [0.2, 0.25) is 0 Å². The first-order chi connectivity index (χ1) is 17.4. The lowest BCUT2D eigenvalue weighted by Crippen LogP contribution is -2.48. The van der Waals surface area contributed by atoms with Gasteiger partial charge in [-0.2, -0.15) is 0 Å². The molecule has 2 heterocycles. The minimum atomic E-state index is -2.11. The van der Waals surface area contributed by atoms with Crippen molar-refractivity contribution in [2.75, 3.05) is 6.61 Å². The normalized spacial score (nSPS) is 21.2. The van der Waals surface area contributed by atoms with Crippen LogP contribution in [0.4, 0.5) is 0 Å². The Morgan fingerprint density at radius 1 is 0.947 bits per heavy atom. The van der Waals surface area contributed by atoms with Crippen molar-refractivity contribution in [3.05, 3.63) is 68.5 Å². The van der Waals surface area contributed by atoms with E-state index < -0.39 is 28.6 Å². The number of rotatable bonds is 9.